The predicted octanol–water partition coefficient (Wildman–Crippen LogP) is 5.07. The molecule has 3 heteroatoms. The molecule has 3 aromatic carbocycles. The normalized spacial score (nSPS) is 16.0. The highest BCUT2D eigenvalue weighted by Gasteiger charge is 2.38. The van der Waals surface area contributed by atoms with Crippen LogP contribution in [0, 0.1) is 13.8 Å². The van der Waals surface area contributed by atoms with Gasteiger partial charge in [0.1, 0.15) is 6.17 Å². The Morgan fingerprint density at radius 1 is 0.800 bits per heavy atom. The zero-order chi connectivity index (χ0) is 17.4. The van der Waals surface area contributed by atoms with Crippen molar-refractivity contribution in [1.29, 1.82) is 0 Å². The second kappa shape index (κ2) is 6.10. The van der Waals surface area contributed by atoms with Gasteiger partial charge in [-0.1, -0.05) is 54.6 Å². The Balaban J connectivity index is 1.84. The van der Waals surface area contributed by atoms with Crippen LogP contribution in [0.15, 0.2) is 72.8 Å². The maximum atomic E-state index is 13.1. The molecule has 0 aliphatic carbocycles. The van der Waals surface area contributed by atoms with E-state index >= 15 is 0 Å². The van der Waals surface area contributed by atoms with Crippen molar-refractivity contribution in [2.24, 2.45) is 0 Å². The molecule has 1 amide bonds. The number of aryl methyl sites for hydroxylation is 2. The average Bonchev–Trinajstić information content (AvgIpc) is 2.90. The van der Waals surface area contributed by atoms with Crippen LogP contribution in [0.1, 0.15) is 33.2 Å². The Bertz CT molecular complexity index is 948. The fourth-order valence-corrected chi connectivity index (χ4v) is 3.42. The van der Waals surface area contributed by atoms with E-state index in [-0.39, 0.29) is 12.1 Å². The molecule has 1 atom stereocenters. The molecule has 0 bridgehead atoms. The van der Waals surface area contributed by atoms with Crippen molar-refractivity contribution in [3.63, 3.8) is 0 Å². The summed E-state index contributed by atoms with van der Waals surface area (Å²) >= 11 is 0. The summed E-state index contributed by atoms with van der Waals surface area (Å²) in [5.74, 6) is 0.0379. The van der Waals surface area contributed by atoms with Crippen molar-refractivity contribution in [2.45, 2.75) is 20.0 Å². The lowest BCUT2D eigenvalue weighted by Crippen LogP contribution is -2.33. The molecule has 124 valence electrons. The lowest BCUT2D eigenvalue weighted by atomic mass is 10.1. The van der Waals surface area contributed by atoms with Crippen molar-refractivity contribution >= 4 is 17.3 Å². The van der Waals surface area contributed by atoms with Gasteiger partial charge in [0, 0.05) is 22.5 Å². The smallest absolute Gasteiger partial charge is 0.260 e. The van der Waals surface area contributed by atoms with Crippen molar-refractivity contribution in [3.05, 3.63) is 95.1 Å². The molecular formula is C22H20N2O. The number of para-hydroxylation sites is 2. The van der Waals surface area contributed by atoms with E-state index in [4.69, 9.17) is 0 Å². The topological polar surface area (TPSA) is 32.3 Å². The highest BCUT2D eigenvalue weighted by molar-refractivity contribution is 6.11. The summed E-state index contributed by atoms with van der Waals surface area (Å²) in [5, 5.41) is 3.58. The highest BCUT2D eigenvalue weighted by atomic mass is 16.2. The third-order valence-corrected chi connectivity index (χ3v) is 4.78. The Morgan fingerprint density at radius 3 is 2.20 bits per heavy atom. The number of fused-ring (bicyclic) bond motifs is 1. The van der Waals surface area contributed by atoms with Crippen molar-refractivity contribution in [1.82, 2.24) is 0 Å². The number of hydrogen-bond acceptors (Lipinski definition) is 2. The third-order valence-electron chi connectivity index (χ3n) is 4.78. The molecule has 0 unspecified atom stereocenters. The number of amides is 1. The molecule has 0 saturated carbocycles. The fraction of sp³-hybridized carbons (Fsp3) is 0.136. The van der Waals surface area contributed by atoms with Crippen molar-refractivity contribution in [3.8, 4) is 0 Å². The van der Waals surface area contributed by atoms with Crippen LogP contribution in [0.25, 0.3) is 0 Å². The lowest BCUT2D eigenvalue weighted by Gasteiger charge is -2.29. The van der Waals surface area contributed by atoms with Crippen LogP contribution in [-0.4, -0.2) is 5.91 Å². The number of benzene rings is 3. The summed E-state index contributed by atoms with van der Waals surface area (Å²) < 4.78 is 0. The summed E-state index contributed by atoms with van der Waals surface area (Å²) in [5.41, 5.74) is 5.99. The van der Waals surface area contributed by atoms with Gasteiger partial charge in [0.15, 0.2) is 0 Å². The van der Waals surface area contributed by atoms with E-state index in [0.717, 1.165) is 33.6 Å². The summed E-state index contributed by atoms with van der Waals surface area (Å²) in [6, 6.07) is 24.0. The van der Waals surface area contributed by atoms with Crippen LogP contribution in [0.3, 0.4) is 0 Å². The molecule has 4 rings (SSSR count). The molecule has 1 N–H and O–H groups in total. The van der Waals surface area contributed by atoms with Gasteiger partial charge in [0.2, 0.25) is 0 Å². The van der Waals surface area contributed by atoms with E-state index < -0.39 is 0 Å². The number of anilines is 2. The Hall–Kier alpha value is -3.07. The van der Waals surface area contributed by atoms with Gasteiger partial charge in [-0.05, 0) is 43.2 Å². The van der Waals surface area contributed by atoms with E-state index in [1.165, 1.54) is 0 Å². The minimum Gasteiger partial charge on any atom is -0.361 e. The third kappa shape index (κ3) is 2.58. The molecule has 1 aliphatic heterocycles. The largest absolute Gasteiger partial charge is 0.361 e. The fourth-order valence-electron chi connectivity index (χ4n) is 3.42. The maximum Gasteiger partial charge on any atom is 0.260 e. The quantitative estimate of drug-likeness (QED) is 0.727. The summed E-state index contributed by atoms with van der Waals surface area (Å²) in [7, 11) is 0. The Kier molecular flexibility index (Phi) is 3.77. The number of hydrogen-bond donors (Lipinski definition) is 1. The van der Waals surface area contributed by atoms with Crippen LogP contribution in [0.2, 0.25) is 0 Å². The van der Waals surface area contributed by atoms with Gasteiger partial charge in [-0.3, -0.25) is 9.69 Å². The summed E-state index contributed by atoms with van der Waals surface area (Å²) in [6.45, 7) is 4.11. The number of carbonyl (C=O) groups is 1. The van der Waals surface area contributed by atoms with Crippen molar-refractivity contribution < 1.29 is 4.79 Å². The Morgan fingerprint density at radius 2 is 1.44 bits per heavy atom. The molecule has 25 heavy (non-hydrogen) atoms. The molecule has 1 heterocycles. The first-order valence-corrected chi connectivity index (χ1v) is 8.47. The predicted molar refractivity (Wildman–Crippen MR) is 102 cm³/mol. The van der Waals surface area contributed by atoms with Crippen LogP contribution in [0.4, 0.5) is 11.4 Å². The minimum absolute atomic E-state index is 0.0379. The minimum atomic E-state index is -0.217. The van der Waals surface area contributed by atoms with Crippen molar-refractivity contribution in [2.75, 3.05) is 10.2 Å². The maximum absolute atomic E-state index is 13.1. The lowest BCUT2D eigenvalue weighted by molar-refractivity contribution is 0.0993. The second-order valence-corrected chi connectivity index (χ2v) is 6.41. The molecule has 0 radical (unpaired) electrons. The molecule has 3 aromatic rings. The number of nitrogens with one attached hydrogen (secondary N) is 1. The zero-order valence-corrected chi connectivity index (χ0v) is 14.4. The van der Waals surface area contributed by atoms with Gasteiger partial charge in [0.25, 0.3) is 5.91 Å². The zero-order valence-electron chi connectivity index (χ0n) is 14.4. The molecular weight excluding hydrogens is 308 g/mol. The van der Waals surface area contributed by atoms with Crippen LogP contribution in [0.5, 0.6) is 0 Å². The van der Waals surface area contributed by atoms with Gasteiger partial charge in [-0.25, -0.2) is 0 Å². The Labute approximate surface area is 147 Å². The number of nitrogens with zero attached hydrogens (tertiary/aromatic N) is 1. The standard InChI is InChI=1S/C22H20N2O/c1-15-9-3-7-13-19(15)23-21-17-11-5-6-12-18(17)22(25)24(21)20-14-8-4-10-16(20)2/h3-14,21,23H,1-2H3/t21-/m1/s1. The summed E-state index contributed by atoms with van der Waals surface area (Å²) in [6.07, 6.45) is -0.217. The van der Waals surface area contributed by atoms with E-state index in [9.17, 15) is 4.79 Å². The van der Waals surface area contributed by atoms with Gasteiger partial charge in [0.05, 0.1) is 0 Å². The molecule has 0 aromatic heterocycles. The van der Waals surface area contributed by atoms with E-state index in [2.05, 4.69) is 24.4 Å². The first-order chi connectivity index (χ1) is 12.2. The molecule has 3 nitrogen and oxygen atoms in total. The number of carbonyl (C=O) groups excluding carboxylic acids is 1. The monoisotopic (exact) mass is 328 g/mol. The number of rotatable bonds is 3. The molecule has 0 spiro atoms. The first-order valence-electron chi connectivity index (χ1n) is 8.47. The van der Waals surface area contributed by atoms with Gasteiger partial charge in [-0.2, -0.15) is 0 Å². The van der Waals surface area contributed by atoms with Gasteiger partial charge >= 0.3 is 0 Å². The first kappa shape index (κ1) is 15.5. The highest BCUT2D eigenvalue weighted by Crippen LogP contribution is 2.39. The van der Waals surface area contributed by atoms with Gasteiger partial charge < -0.3 is 5.32 Å². The average molecular weight is 328 g/mol. The van der Waals surface area contributed by atoms with Gasteiger partial charge in [-0.15, -0.1) is 0 Å². The molecule has 1 aliphatic rings. The second-order valence-electron chi connectivity index (χ2n) is 6.41. The molecule has 0 fully saturated rings. The van der Waals surface area contributed by atoms with E-state index in [0.29, 0.717) is 0 Å². The van der Waals surface area contributed by atoms with E-state index in [1.807, 2.05) is 72.5 Å². The summed E-state index contributed by atoms with van der Waals surface area (Å²) in [4.78, 5) is 15.0. The van der Waals surface area contributed by atoms with E-state index in [1.54, 1.807) is 0 Å². The van der Waals surface area contributed by atoms with Crippen LogP contribution < -0.4 is 10.2 Å². The SMILES string of the molecule is Cc1ccccc1N[C@H]1c2ccccc2C(=O)N1c1ccccc1C. The molecule has 0 saturated heterocycles. The van der Waals surface area contributed by atoms with Crippen LogP contribution in [-0.2, 0) is 0 Å². The van der Waals surface area contributed by atoms with Crippen LogP contribution >= 0.6 is 0 Å².